The first-order valence-electron chi connectivity index (χ1n) is 7.73. The Morgan fingerprint density at radius 2 is 2.21 bits per heavy atom. The van der Waals surface area contributed by atoms with Gasteiger partial charge in [0.15, 0.2) is 5.65 Å². The van der Waals surface area contributed by atoms with Crippen molar-refractivity contribution in [3.05, 3.63) is 58.9 Å². The second kappa shape index (κ2) is 5.79. The van der Waals surface area contributed by atoms with Crippen molar-refractivity contribution in [3.63, 3.8) is 0 Å². The molecular formula is C17H15ClN4O2. The minimum absolute atomic E-state index is 0.107. The molecule has 4 rings (SSSR count). The summed E-state index contributed by atoms with van der Waals surface area (Å²) in [5.74, 6) is -0.268. The van der Waals surface area contributed by atoms with Crippen molar-refractivity contribution in [2.45, 2.75) is 18.9 Å². The van der Waals surface area contributed by atoms with Gasteiger partial charge in [-0.25, -0.2) is 14.3 Å². The second-order valence-corrected chi connectivity index (χ2v) is 6.26. The highest BCUT2D eigenvalue weighted by Crippen LogP contribution is 2.36. The van der Waals surface area contributed by atoms with Crippen molar-refractivity contribution >= 4 is 29.0 Å². The molecule has 0 aliphatic carbocycles. The first kappa shape index (κ1) is 15.0. The maximum Gasteiger partial charge on any atom is 0.341 e. The SMILES string of the molecule is O=C(O)c1cnn2ccc(N3CCC[C@@H]3c3cccc(Cl)c3)nc12. The molecule has 0 spiro atoms. The van der Waals surface area contributed by atoms with Crippen molar-refractivity contribution in [2.24, 2.45) is 0 Å². The van der Waals surface area contributed by atoms with Crippen LogP contribution in [0.15, 0.2) is 42.7 Å². The number of fused-ring (bicyclic) bond motifs is 1. The molecule has 1 atom stereocenters. The number of anilines is 1. The van der Waals surface area contributed by atoms with Gasteiger partial charge in [0.1, 0.15) is 11.4 Å². The molecule has 1 N–H and O–H groups in total. The predicted molar refractivity (Wildman–Crippen MR) is 90.7 cm³/mol. The summed E-state index contributed by atoms with van der Waals surface area (Å²) in [6.45, 7) is 0.872. The van der Waals surface area contributed by atoms with Gasteiger partial charge in [0, 0.05) is 17.8 Å². The maximum absolute atomic E-state index is 11.3. The van der Waals surface area contributed by atoms with Crippen LogP contribution in [0.1, 0.15) is 34.8 Å². The third-order valence-electron chi connectivity index (χ3n) is 4.37. The summed E-state index contributed by atoms with van der Waals surface area (Å²) in [6, 6.07) is 9.91. The Bertz CT molecular complexity index is 924. The number of rotatable bonds is 3. The van der Waals surface area contributed by atoms with Gasteiger partial charge in [0.25, 0.3) is 0 Å². The number of carboxylic acids is 1. The molecule has 24 heavy (non-hydrogen) atoms. The predicted octanol–water partition coefficient (Wildman–Crippen LogP) is 3.42. The van der Waals surface area contributed by atoms with E-state index in [9.17, 15) is 9.90 Å². The van der Waals surface area contributed by atoms with Crippen LogP contribution in [-0.2, 0) is 0 Å². The zero-order valence-corrected chi connectivity index (χ0v) is 13.5. The summed E-state index contributed by atoms with van der Waals surface area (Å²) in [4.78, 5) is 18.1. The van der Waals surface area contributed by atoms with E-state index in [0.717, 1.165) is 30.8 Å². The molecule has 1 fully saturated rings. The molecule has 6 nitrogen and oxygen atoms in total. The van der Waals surface area contributed by atoms with Crippen LogP contribution < -0.4 is 4.90 Å². The second-order valence-electron chi connectivity index (χ2n) is 5.82. The first-order chi connectivity index (χ1) is 11.6. The van der Waals surface area contributed by atoms with Crippen LogP contribution in [0.2, 0.25) is 5.02 Å². The Morgan fingerprint density at radius 3 is 3.00 bits per heavy atom. The van der Waals surface area contributed by atoms with Gasteiger partial charge in [-0.1, -0.05) is 23.7 Å². The highest BCUT2D eigenvalue weighted by atomic mass is 35.5. The molecule has 0 radical (unpaired) electrons. The number of benzene rings is 1. The summed E-state index contributed by atoms with van der Waals surface area (Å²) < 4.78 is 1.48. The number of carboxylic acid groups (broad SMARTS) is 1. The molecule has 0 unspecified atom stereocenters. The van der Waals surface area contributed by atoms with Gasteiger partial charge in [-0.05, 0) is 36.6 Å². The van der Waals surface area contributed by atoms with Crippen LogP contribution in [0, 0.1) is 0 Å². The Morgan fingerprint density at radius 1 is 1.33 bits per heavy atom. The zero-order chi connectivity index (χ0) is 16.7. The van der Waals surface area contributed by atoms with Crippen LogP contribution in [0.5, 0.6) is 0 Å². The quantitative estimate of drug-likeness (QED) is 0.789. The van der Waals surface area contributed by atoms with Gasteiger partial charge in [-0.15, -0.1) is 0 Å². The first-order valence-corrected chi connectivity index (χ1v) is 8.11. The van der Waals surface area contributed by atoms with Crippen LogP contribution in [0.3, 0.4) is 0 Å². The van der Waals surface area contributed by atoms with Gasteiger partial charge in [-0.2, -0.15) is 5.10 Å². The van der Waals surface area contributed by atoms with E-state index in [-0.39, 0.29) is 11.6 Å². The average molecular weight is 343 g/mol. The lowest BCUT2D eigenvalue weighted by Gasteiger charge is -2.26. The fraction of sp³-hybridized carbons (Fsp3) is 0.235. The molecule has 3 aromatic rings. The molecule has 1 aromatic carbocycles. The molecule has 1 aliphatic heterocycles. The highest BCUT2D eigenvalue weighted by molar-refractivity contribution is 6.30. The third kappa shape index (κ3) is 2.49. The summed E-state index contributed by atoms with van der Waals surface area (Å²) in [7, 11) is 0. The van der Waals surface area contributed by atoms with E-state index < -0.39 is 5.97 Å². The monoisotopic (exact) mass is 342 g/mol. The van der Waals surface area contributed by atoms with Crippen LogP contribution in [-0.4, -0.2) is 32.2 Å². The molecular weight excluding hydrogens is 328 g/mol. The van der Waals surface area contributed by atoms with Crippen molar-refractivity contribution in [1.29, 1.82) is 0 Å². The Balaban J connectivity index is 1.75. The average Bonchev–Trinajstić information content (AvgIpc) is 3.21. The Kier molecular flexibility index (Phi) is 3.61. The van der Waals surface area contributed by atoms with Crippen molar-refractivity contribution < 1.29 is 9.90 Å². The smallest absolute Gasteiger partial charge is 0.341 e. The number of hydrogen-bond donors (Lipinski definition) is 1. The van der Waals surface area contributed by atoms with E-state index in [1.807, 2.05) is 24.3 Å². The minimum Gasteiger partial charge on any atom is -0.477 e. The number of nitrogens with zero attached hydrogens (tertiary/aromatic N) is 4. The molecule has 122 valence electrons. The summed E-state index contributed by atoms with van der Waals surface area (Å²) in [5.41, 5.74) is 1.61. The summed E-state index contributed by atoms with van der Waals surface area (Å²) in [5, 5.41) is 14.0. The lowest BCUT2D eigenvalue weighted by molar-refractivity contribution is 0.0699. The van der Waals surface area contributed by atoms with E-state index in [0.29, 0.717) is 10.7 Å². The van der Waals surface area contributed by atoms with Gasteiger partial charge in [0.05, 0.1) is 12.2 Å². The molecule has 1 aliphatic rings. The number of carbonyl (C=O) groups is 1. The van der Waals surface area contributed by atoms with Crippen molar-refractivity contribution in [1.82, 2.24) is 14.6 Å². The highest BCUT2D eigenvalue weighted by Gasteiger charge is 2.28. The van der Waals surface area contributed by atoms with Gasteiger partial charge >= 0.3 is 5.97 Å². The molecule has 2 aromatic heterocycles. The van der Waals surface area contributed by atoms with Crippen molar-refractivity contribution in [3.8, 4) is 0 Å². The minimum atomic E-state index is -1.03. The zero-order valence-electron chi connectivity index (χ0n) is 12.8. The van der Waals surface area contributed by atoms with E-state index >= 15 is 0 Å². The van der Waals surface area contributed by atoms with E-state index in [4.69, 9.17) is 11.6 Å². The third-order valence-corrected chi connectivity index (χ3v) is 4.60. The van der Waals surface area contributed by atoms with Gasteiger partial charge in [0.2, 0.25) is 0 Å². The van der Waals surface area contributed by atoms with E-state index in [1.165, 1.54) is 10.7 Å². The molecule has 0 saturated carbocycles. The molecule has 0 amide bonds. The maximum atomic E-state index is 11.3. The number of aromatic nitrogens is 3. The number of halogens is 1. The van der Waals surface area contributed by atoms with E-state index in [1.54, 1.807) is 6.20 Å². The standard InChI is InChI=1S/C17H15ClN4O2/c18-12-4-1-3-11(9-12)14-5-2-7-21(14)15-6-8-22-16(20-15)13(10-19-22)17(23)24/h1,3-4,6,8-10,14H,2,5,7H2,(H,23,24)/t14-/m1/s1. The normalized spacial score (nSPS) is 17.5. The Labute approximate surface area is 143 Å². The summed E-state index contributed by atoms with van der Waals surface area (Å²) in [6.07, 6.45) is 5.14. The number of hydrogen-bond acceptors (Lipinski definition) is 4. The fourth-order valence-corrected chi connectivity index (χ4v) is 3.47. The van der Waals surface area contributed by atoms with E-state index in [2.05, 4.69) is 21.0 Å². The number of aromatic carboxylic acids is 1. The van der Waals surface area contributed by atoms with Crippen LogP contribution in [0.25, 0.3) is 5.65 Å². The molecule has 1 saturated heterocycles. The largest absolute Gasteiger partial charge is 0.477 e. The Hall–Kier alpha value is -2.60. The fourth-order valence-electron chi connectivity index (χ4n) is 3.27. The lowest BCUT2D eigenvalue weighted by atomic mass is 10.0. The topological polar surface area (TPSA) is 70.7 Å². The van der Waals surface area contributed by atoms with Crippen molar-refractivity contribution in [2.75, 3.05) is 11.4 Å². The molecule has 7 heteroatoms. The van der Waals surface area contributed by atoms with Gasteiger partial charge in [-0.3, -0.25) is 0 Å². The molecule has 0 bridgehead atoms. The van der Waals surface area contributed by atoms with Crippen LogP contribution >= 0.6 is 11.6 Å². The molecule has 3 heterocycles. The summed E-state index contributed by atoms with van der Waals surface area (Å²) >= 11 is 6.13. The lowest BCUT2D eigenvalue weighted by Crippen LogP contribution is -2.23. The van der Waals surface area contributed by atoms with Gasteiger partial charge < -0.3 is 10.0 Å². The van der Waals surface area contributed by atoms with Crippen LogP contribution in [0.4, 0.5) is 5.82 Å².